The predicted octanol–water partition coefficient (Wildman–Crippen LogP) is 5.13. The first kappa shape index (κ1) is 25.3. The van der Waals surface area contributed by atoms with Crippen LogP contribution in [0.1, 0.15) is 25.8 Å². The van der Waals surface area contributed by atoms with Gasteiger partial charge in [-0.25, -0.2) is 9.67 Å². The number of hydrogen-bond acceptors (Lipinski definition) is 6. The van der Waals surface area contributed by atoms with E-state index < -0.39 is 5.60 Å². The number of benzene rings is 2. The molecule has 192 valence electrons. The standard InChI is InChI=1S/C27H33Cl2N5O2/c1-20(2)32-9-11-33(12-10-32)23-4-6-24(7-5-23)35-15-21-14-27(36-16-21,17-34-19-30-18-31-34)25-8-3-22(28)13-26(25)29/h3-8,13,18-21H,9-12,14-17H2,1-2H3/t21-,27-/m0/s1. The average Bonchev–Trinajstić information content (AvgIpc) is 3.54. The van der Waals surface area contributed by atoms with Crippen LogP contribution in [-0.2, 0) is 16.9 Å². The van der Waals surface area contributed by atoms with Crippen LogP contribution < -0.4 is 9.64 Å². The maximum absolute atomic E-state index is 6.61. The Morgan fingerprint density at radius 2 is 1.86 bits per heavy atom. The lowest BCUT2D eigenvalue weighted by molar-refractivity contribution is -0.0179. The quantitative estimate of drug-likeness (QED) is 0.403. The van der Waals surface area contributed by atoms with Crippen LogP contribution in [0.4, 0.5) is 5.69 Å². The Kier molecular flexibility index (Phi) is 7.72. The Morgan fingerprint density at radius 3 is 2.53 bits per heavy atom. The van der Waals surface area contributed by atoms with Crippen molar-refractivity contribution in [2.24, 2.45) is 5.92 Å². The van der Waals surface area contributed by atoms with E-state index in [0.717, 1.165) is 43.9 Å². The number of rotatable bonds is 8. The molecule has 2 atom stereocenters. The van der Waals surface area contributed by atoms with Gasteiger partial charge in [0.05, 0.1) is 19.8 Å². The van der Waals surface area contributed by atoms with E-state index in [2.05, 4.69) is 58.0 Å². The Hall–Kier alpha value is -2.32. The van der Waals surface area contributed by atoms with Crippen molar-refractivity contribution in [3.63, 3.8) is 0 Å². The van der Waals surface area contributed by atoms with Crippen molar-refractivity contribution in [2.75, 3.05) is 44.3 Å². The molecule has 9 heteroatoms. The molecule has 0 N–H and O–H groups in total. The van der Waals surface area contributed by atoms with E-state index >= 15 is 0 Å². The highest BCUT2D eigenvalue weighted by Crippen LogP contribution is 2.44. The third kappa shape index (κ3) is 5.65. The lowest BCUT2D eigenvalue weighted by Crippen LogP contribution is -2.48. The van der Waals surface area contributed by atoms with E-state index in [4.69, 9.17) is 32.7 Å². The highest BCUT2D eigenvalue weighted by Gasteiger charge is 2.44. The van der Waals surface area contributed by atoms with Crippen LogP contribution in [0.2, 0.25) is 10.0 Å². The summed E-state index contributed by atoms with van der Waals surface area (Å²) in [5.74, 6) is 1.09. The van der Waals surface area contributed by atoms with Crippen molar-refractivity contribution in [3.05, 3.63) is 70.7 Å². The van der Waals surface area contributed by atoms with Gasteiger partial charge in [0.2, 0.25) is 0 Å². The molecule has 5 rings (SSSR count). The third-order valence-electron chi connectivity index (χ3n) is 7.25. The van der Waals surface area contributed by atoms with Gasteiger partial charge >= 0.3 is 0 Å². The summed E-state index contributed by atoms with van der Waals surface area (Å²) in [6.45, 7) is 10.5. The molecule has 0 spiro atoms. The smallest absolute Gasteiger partial charge is 0.137 e. The van der Waals surface area contributed by atoms with Crippen molar-refractivity contribution < 1.29 is 9.47 Å². The summed E-state index contributed by atoms with van der Waals surface area (Å²) in [6, 6.07) is 14.6. The van der Waals surface area contributed by atoms with Crippen molar-refractivity contribution in [3.8, 4) is 5.75 Å². The maximum atomic E-state index is 6.61. The lowest BCUT2D eigenvalue weighted by Gasteiger charge is -2.38. The van der Waals surface area contributed by atoms with Crippen LogP contribution in [0.3, 0.4) is 0 Å². The predicted molar refractivity (Wildman–Crippen MR) is 143 cm³/mol. The van der Waals surface area contributed by atoms with E-state index in [-0.39, 0.29) is 5.92 Å². The number of halogens is 2. The number of anilines is 1. The molecule has 0 saturated carbocycles. The van der Waals surface area contributed by atoms with E-state index in [1.165, 1.54) is 12.0 Å². The van der Waals surface area contributed by atoms with E-state index in [1.54, 1.807) is 17.1 Å². The first-order valence-electron chi connectivity index (χ1n) is 12.6. The molecule has 0 bridgehead atoms. The monoisotopic (exact) mass is 529 g/mol. The van der Waals surface area contributed by atoms with Gasteiger partial charge in [0, 0.05) is 59.4 Å². The van der Waals surface area contributed by atoms with Crippen LogP contribution in [0.5, 0.6) is 5.75 Å². The van der Waals surface area contributed by atoms with Crippen LogP contribution in [0.15, 0.2) is 55.1 Å². The van der Waals surface area contributed by atoms with Crippen molar-refractivity contribution in [2.45, 2.75) is 38.5 Å². The van der Waals surface area contributed by atoms with Gasteiger partial charge < -0.3 is 14.4 Å². The Labute approximate surface area is 222 Å². The SMILES string of the molecule is CC(C)N1CCN(c2ccc(OC[C@H]3CO[C@@](Cn4cncn4)(c4ccc(Cl)cc4Cl)C3)cc2)CC1. The van der Waals surface area contributed by atoms with Crippen molar-refractivity contribution >= 4 is 28.9 Å². The Balaban J connectivity index is 1.21. The first-order valence-corrected chi connectivity index (χ1v) is 13.3. The highest BCUT2D eigenvalue weighted by atomic mass is 35.5. The zero-order valence-corrected chi connectivity index (χ0v) is 22.3. The number of aromatic nitrogens is 3. The van der Waals surface area contributed by atoms with Gasteiger partial charge in [-0.15, -0.1) is 0 Å². The normalized spacial score (nSPS) is 22.9. The molecule has 3 heterocycles. The summed E-state index contributed by atoms with van der Waals surface area (Å²) in [4.78, 5) is 9.06. The van der Waals surface area contributed by atoms with Gasteiger partial charge in [0.25, 0.3) is 0 Å². The fourth-order valence-corrected chi connectivity index (χ4v) is 5.83. The minimum absolute atomic E-state index is 0.212. The van der Waals surface area contributed by atoms with Gasteiger partial charge in [-0.1, -0.05) is 29.3 Å². The summed E-state index contributed by atoms with van der Waals surface area (Å²) in [7, 11) is 0. The summed E-state index contributed by atoms with van der Waals surface area (Å²) in [5, 5.41) is 5.49. The minimum atomic E-state index is -0.620. The van der Waals surface area contributed by atoms with Crippen LogP contribution in [0.25, 0.3) is 0 Å². The fraction of sp³-hybridized carbons (Fsp3) is 0.481. The summed E-state index contributed by atoms with van der Waals surface area (Å²) in [6.07, 6.45) is 3.98. The molecule has 0 amide bonds. The first-order chi connectivity index (χ1) is 17.4. The topological polar surface area (TPSA) is 55.7 Å². The van der Waals surface area contributed by atoms with Gasteiger partial charge in [-0.05, 0) is 56.7 Å². The van der Waals surface area contributed by atoms with Gasteiger partial charge in [0.1, 0.15) is 24.0 Å². The van der Waals surface area contributed by atoms with Crippen LogP contribution >= 0.6 is 23.2 Å². The molecule has 2 aliphatic rings. The van der Waals surface area contributed by atoms with Crippen LogP contribution in [-0.4, -0.2) is 65.1 Å². The molecule has 7 nitrogen and oxygen atoms in total. The third-order valence-corrected chi connectivity index (χ3v) is 7.80. The molecule has 2 saturated heterocycles. The molecule has 36 heavy (non-hydrogen) atoms. The van der Waals surface area contributed by atoms with E-state index in [1.807, 2.05) is 12.1 Å². The molecule has 2 aliphatic heterocycles. The van der Waals surface area contributed by atoms with Crippen LogP contribution in [0, 0.1) is 5.92 Å². The number of hydrogen-bond donors (Lipinski definition) is 0. The molecule has 0 unspecified atom stereocenters. The second-order valence-electron chi connectivity index (χ2n) is 10.0. The molecule has 0 radical (unpaired) electrons. The fourth-order valence-electron chi connectivity index (χ4n) is 5.25. The van der Waals surface area contributed by atoms with Crippen molar-refractivity contribution in [1.82, 2.24) is 19.7 Å². The number of nitrogens with zero attached hydrogens (tertiary/aromatic N) is 5. The second kappa shape index (κ2) is 11.0. The van der Waals surface area contributed by atoms with E-state index in [0.29, 0.717) is 35.8 Å². The van der Waals surface area contributed by atoms with Gasteiger partial charge in [-0.3, -0.25) is 4.90 Å². The van der Waals surface area contributed by atoms with Gasteiger partial charge in [0.15, 0.2) is 0 Å². The maximum Gasteiger partial charge on any atom is 0.137 e. The zero-order valence-electron chi connectivity index (χ0n) is 20.8. The zero-order chi connectivity index (χ0) is 25.1. The molecule has 3 aromatic rings. The Bertz CT molecular complexity index is 1130. The largest absolute Gasteiger partial charge is 0.493 e. The van der Waals surface area contributed by atoms with Crippen molar-refractivity contribution in [1.29, 1.82) is 0 Å². The summed E-state index contributed by atoms with van der Waals surface area (Å²) >= 11 is 12.8. The lowest BCUT2D eigenvalue weighted by atomic mass is 9.87. The number of piperazine rings is 1. The summed E-state index contributed by atoms with van der Waals surface area (Å²) in [5.41, 5.74) is 1.54. The minimum Gasteiger partial charge on any atom is -0.493 e. The van der Waals surface area contributed by atoms with Gasteiger partial charge in [-0.2, -0.15) is 5.10 Å². The molecular weight excluding hydrogens is 497 g/mol. The molecule has 1 aromatic heterocycles. The highest BCUT2D eigenvalue weighted by molar-refractivity contribution is 6.35. The average molecular weight is 530 g/mol. The number of ether oxygens (including phenoxy) is 2. The molecule has 0 aliphatic carbocycles. The molecule has 2 aromatic carbocycles. The van der Waals surface area contributed by atoms with E-state index in [9.17, 15) is 0 Å². The second-order valence-corrected chi connectivity index (χ2v) is 10.9. The Morgan fingerprint density at radius 1 is 1.08 bits per heavy atom. The molecule has 2 fully saturated rings. The summed E-state index contributed by atoms with van der Waals surface area (Å²) < 4.78 is 14.4. The molecular formula is C27H33Cl2N5O2.